The second-order valence-electron chi connectivity index (χ2n) is 5.41. The van der Waals surface area contributed by atoms with Crippen LogP contribution in [-0.2, 0) is 0 Å². The smallest absolute Gasteiger partial charge is 0.245 e. The first-order valence-electron chi connectivity index (χ1n) is 7.11. The Morgan fingerprint density at radius 3 is 2.43 bits per heavy atom. The van der Waals surface area contributed by atoms with Gasteiger partial charge in [-0.05, 0) is 14.0 Å². The lowest BCUT2D eigenvalue weighted by Crippen LogP contribution is -2.44. The van der Waals surface area contributed by atoms with Crippen LogP contribution in [0.2, 0.25) is 0 Å². The van der Waals surface area contributed by atoms with E-state index < -0.39 is 0 Å². The maximum atomic E-state index is 11.3. The zero-order valence-electron chi connectivity index (χ0n) is 12.3. The van der Waals surface area contributed by atoms with Crippen LogP contribution in [0, 0.1) is 0 Å². The molecule has 1 aliphatic heterocycles. The summed E-state index contributed by atoms with van der Waals surface area (Å²) in [7, 11) is 2.12. The Hall–Kier alpha value is -2.21. The maximum absolute atomic E-state index is 11.3. The Balaban J connectivity index is 1.76. The Kier molecular flexibility index (Phi) is 3.70. The van der Waals surface area contributed by atoms with E-state index in [1.54, 1.807) is 6.92 Å². The molecule has 1 N–H and O–H groups in total. The fraction of sp³-hybridized carbons (Fsp3) is 0.400. The van der Waals surface area contributed by atoms with E-state index in [2.05, 4.69) is 32.0 Å². The average Bonchev–Trinajstić information content (AvgIpc) is 2.98. The van der Waals surface area contributed by atoms with Gasteiger partial charge in [-0.15, -0.1) is 5.10 Å². The van der Waals surface area contributed by atoms with Gasteiger partial charge in [0.05, 0.1) is 0 Å². The normalized spacial score (nSPS) is 16.2. The molecular weight excluding hydrogens is 266 g/mol. The van der Waals surface area contributed by atoms with Crippen molar-refractivity contribution in [3.05, 3.63) is 29.8 Å². The number of nitrogens with one attached hydrogen (secondary N) is 1. The Morgan fingerprint density at radius 1 is 1.14 bits per heavy atom. The summed E-state index contributed by atoms with van der Waals surface area (Å²) in [6.07, 6.45) is 0. The summed E-state index contributed by atoms with van der Waals surface area (Å²) in [6.45, 7) is 5.50. The van der Waals surface area contributed by atoms with Crippen molar-refractivity contribution >= 4 is 11.7 Å². The number of likely N-dealkylation sites (N-methyl/N-ethyl adjacent to an activating group) is 1. The number of anilines is 1. The second-order valence-corrected chi connectivity index (χ2v) is 5.41. The Bertz CT molecular complexity index is 626. The number of piperazine rings is 1. The summed E-state index contributed by atoms with van der Waals surface area (Å²) in [6, 6.07) is 7.42. The predicted molar refractivity (Wildman–Crippen MR) is 81.5 cm³/mol. The molecule has 1 aromatic carbocycles. The third kappa shape index (κ3) is 2.95. The maximum Gasteiger partial charge on any atom is 0.245 e. The van der Waals surface area contributed by atoms with E-state index in [4.69, 9.17) is 0 Å². The van der Waals surface area contributed by atoms with Crippen molar-refractivity contribution in [3.8, 4) is 11.4 Å². The lowest BCUT2D eigenvalue weighted by atomic mass is 10.1. The molecule has 110 valence electrons. The van der Waals surface area contributed by atoms with Crippen molar-refractivity contribution in [3.63, 3.8) is 0 Å². The van der Waals surface area contributed by atoms with Gasteiger partial charge in [-0.3, -0.25) is 9.89 Å². The summed E-state index contributed by atoms with van der Waals surface area (Å²) in [5, 5.41) is 7.28. The van der Waals surface area contributed by atoms with Crippen molar-refractivity contribution in [2.75, 3.05) is 38.1 Å². The van der Waals surface area contributed by atoms with Gasteiger partial charge in [-0.1, -0.05) is 24.3 Å². The van der Waals surface area contributed by atoms with Crippen LogP contribution in [0.15, 0.2) is 24.3 Å². The summed E-state index contributed by atoms with van der Waals surface area (Å²) in [5.74, 6) is 1.55. The van der Waals surface area contributed by atoms with Crippen LogP contribution < -0.4 is 4.90 Å². The molecule has 2 heterocycles. The first-order valence-corrected chi connectivity index (χ1v) is 7.11. The second kappa shape index (κ2) is 5.65. The number of aromatic amines is 1. The van der Waals surface area contributed by atoms with Crippen LogP contribution in [-0.4, -0.2) is 59.1 Å². The number of carbonyl (C=O) groups excluding carboxylic acids is 1. The molecule has 0 amide bonds. The largest absolute Gasteiger partial charge is 0.337 e. The number of H-pyrrole nitrogens is 1. The molecule has 0 saturated carbocycles. The highest BCUT2D eigenvalue weighted by Crippen LogP contribution is 2.19. The summed E-state index contributed by atoms with van der Waals surface area (Å²) in [5.41, 5.74) is 1.64. The van der Waals surface area contributed by atoms with Gasteiger partial charge in [0.1, 0.15) is 0 Å². The highest BCUT2D eigenvalue weighted by Gasteiger charge is 2.18. The third-order valence-electron chi connectivity index (χ3n) is 3.82. The van der Waals surface area contributed by atoms with Crippen LogP contribution >= 0.6 is 0 Å². The number of rotatable bonds is 3. The van der Waals surface area contributed by atoms with E-state index in [1.165, 1.54) is 0 Å². The zero-order chi connectivity index (χ0) is 14.8. The van der Waals surface area contributed by atoms with Crippen LogP contribution in [0.5, 0.6) is 0 Å². The van der Waals surface area contributed by atoms with E-state index in [-0.39, 0.29) is 5.78 Å². The SMILES string of the molecule is CC(=O)c1ccc(-c2nc(N3CCN(C)CC3)n[nH]2)cc1. The van der Waals surface area contributed by atoms with Gasteiger partial charge in [-0.25, -0.2) is 0 Å². The van der Waals surface area contributed by atoms with Gasteiger partial charge in [0.2, 0.25) is 5.95 Å². The number of hydrogen-bond donors (Lipinski definition) is 1. The van der Waals surface area contributed by atoms with Crippen molar-refractivity contribution in [2.45, 2.75) is 6.92 Å². The van der Waals surface area contributed by atoms with E-state index >= 15 is 0 Å². The minimum Gasteiger partial charge on any atom is -0.337 e. The van der Waals surface area contributed by atoms with Gasteiger partial charge >= 0.3 is 0 Å². The van der Waals surface area contributed by atoms with Gasteiger partial charge in [0, 0.05) is 37.3 Å². The third-order valence-corrected chi connectivity index (χ3v) is 3.82. The van der Waals surface area contributed by atoms with E-state index in [0.717, 1.165) is 43.5 Å². The Morgan fingerprint density at radius 2 is 1.81 bits per heavy atom. The summed E-state index contributed by atoms with van der Waals surface area (Å²) >= 11 is 0. The molecule has 1 fully saturated rings. The monoisotopic (exact) mass is 285 g/mol. The van der Waals surface area contributed by atoms with Gasteiger partial charge in [-0.2, -0.15) is 4.98 Å². The number of benzene rings is 1. The number of Topliss-reactive ketones (excluding diaryl/α,β-unsaturated/α-hetero) is 1. The lowest BCUT2D eigenvalue weighted by molar-refractivity contribution is 0.101. The van der Waals surface area contributed by atoms with Gasteiger partial charge in [0.25, 0.3) is 0 Å². The fourth-order valence-electron chi connectivity index (χ4n) is 2.39. The number of aromatic nitrogens is 3. The van der Waals surface area contributed by atoms with Crippen LogP contribution in [0.1, 0.15) is 17.3 Å². The molecule has 1 aliphatic rings. The van der Waals surface area contributed by atoms with E-state index in [0.29, 0.717) is 5.56 Å². The van der Waals surface area contributed by atoms with Crippen molar-refractivity contribution in [1.82, 2.24) is 20.1 Å². The average molecular weight is 285 g/mol. The molecule has 0 unspecified atom stereocenters. The molecule has 0 radical (unpaired) electrons. The predicted octanol–water partition coefficient (Wildman–Crippen LogP) is 1.43. The van der Waals surface area contributed by atoms with E-state index in [9.17, 15) is 4.79 Å². The molecule has 1 saturated heterocycles. The topological polar surface area (TPSA) is 65.1 Å². The van der Waals surface area contributed by atoms with Crippen LogP contribution in [0.3, 0.4) is 0 Å². The zero-order valence-corrected chi connectivity index (χ0v) is 12.3. The molecule has 2 aromatic rings. The molecule has 0 bridgehead atoms. The standard InChI is InChI=1S/C15H19N5O/c1-11(21)12-3-5-13(6-4-12)14-16-15(18-17-14)20-9-7-19(2)8-10-20/h3-6H,7-10H2,1-2H3,(H,16,17,18). The highest BCUT2D eigenvalue weighted by atomic mass is 16.1. The Labute approximate surface area is 123 Å². The first-order chi connectivity index (χ1) is 10.1. The van der Waals surface area contributed by atoms with Crippen LogP contribution in [0.25, 0.3) is 11.4 Å². The van der Waals surface area contributed by atoms with Gasteiger partial charge < -0.3 is 9.80 Å². The molecule has 3 rings (SSSR count). The molecule has 6 heteroatoms. The number of nitrogens with zero attached hydrogens (tertiary/aromatic N) is 4. The quantitative estimate of drug-likeness (QED) is 0.864. The van der Waals surface area contributed by atoms with Gasteiger partial charge in [0.15, 0.2) is 11.6 Å². The number of carbonyl (C=O) groups is 1. The molecular formula is C15H19N5O. The molecule has 1 aromatic heterocycles. The molecule has 0 spiro atoms. The molecule has 21 heavy (non-hydrogen) atoms. The molecule has 0 atom stereocenters. The minimum atomic E-state index is 0.0669. The van der Waals surface area contributed by atoms with Crippen molar-refractivity contribution in [2.24, 2.45) is 0 Å². The summed E-state index contributed by atoms with van der Waals surface area (Å²) in [4.78, 5) is 20.3. The highest BCUT2D eigenvalue weighted by molar-refractivity contribution is 5.94. The summed E-state index contributed by atoms with van der Waals surface area (Å²) < 4.78 is 0. The molecule has 6 nitrogen and oxygen atoms in total. The minimum absolute atomic E-state index is 0.0669. The first kappa shape index (κ1) is 13.8. The number of hydrogen-bond acceptors (Lipinski definition) is 5. The fourth-order valence-corrected chi connectivity index (χ4v) is 2.39. The van der Waals surface area contributed by atoms with Crippen molar-refractivity contribution in [1.29, 1.82) is 0 Å². The lowest BCUT2D eigenvalue weighted by Gasteiger charge is -2.31. The number of ketones is 1. The van der Waals surface area contributed by atoms with Crippen LogP contribution in [0.4, 0.5) is 5.95 Å². The van der Waals surface area contributed by atoms with E-state index in [1.807, 2.05) is 24.3 Å². The molecule has 0 aliphatic carbocycles. The van der Waals surface area contributed by atoms with Crippen molar-refractivity contribution < 1.29 is 4.79 Å².